The Hall–Kier alpha value is -7.67. The molecule has 3 rings (SSSR count). The second-order valence-electron chi connectivity index (χ2n) is 26.1. The van der Waals surface area contributed by atoms with E-state index in [1.807, 2.05) is 41.5 Å². The molecule has 1 heterocycles. The van der Waals surface area contributed by atoms with E-state index in [-0.39, 0.29) is 49.4 Å². The highest BCUT2D eigenvalue weighted by Gasteiger charge is 2.44. The molecular weight excluding hydrogens is 1160 g/mol. The van der Waals surface area contributed by atoms with E-state index < -0.39 is 156 Å². The first kappa shape index (κ1) is 76.6. The van der Waals surface area contributed by atoms with Gasteiger partial charge in [0.25, 0.3) is 0 Å². The first-order chi connectivity index (χ1) is 41.9. The van der Waals surface area contributed by atoms with E-state index in [0.717, 1.165) is 37.3 Å². The lowest BCUT2D eigenvalue weighted by atomic mass is 9.94. The summed E-state index contributed by atoms with van der Waals surface area (Å²) in [7, 11) is 12.6. The number of hydrogen-bond donors (Lipinski definition) is 5. The van der Waals surface area contributed by atoms with Gasteiger partial charge in [0.1, 0.15) is 66.5 Å². The van der Waals surface area contributed by atoms with Crippen molar-refractivity contribution in [1.82, 2.24) is 65.8 Å². The number of rotatable bonds is 10. The number of nitrogens with one attached hydrogen (secondary N) is 5. The van der Waals surface area contributed by atoms with Gasteiger partial charge in [0.15, 0.2) is 0 Å². The summed E-state index contributed by atoms with van der Waals surface area (Å²) in [6.45, 7) is 17.6. The largest absolute Gasteiger partial charge is 0.347 e. The van der Waals surface area contributed by atoms with Crippen LogP contribution in [0.1, 0.15) is 133 Å². The molecule has 1 aromatic carbocycles. The molecule has 1 unspecified atom stereocenters. The Kier molecular flexibility index (Phi) is 29.4. The predicted molar refractivity (Wildman–Crippen MR) is 339 cm³/mol. The Morgan fingerprint density at radius 2 is 0.900 bits per heavy atom. The van der Waals surface area contributed by atoms with Crippen LogP contribution in [0.4, 0.5) is 0 Å². The Balaban J connectivity index is 2.18. The number of carbonyl (C=O) groups is 13. The van der Waals surface area contributed by atoms with Gasteiger partial charge in [-0.05, 0) is 96.0 Å². The predicted octanol–water partition coefficient (Wildman–Crippen LogP) is 0.993. The number of amides is 13. The van der Waals surface area contributed by atoms with Gasteiger partial charge in [-0.15, -0.1) is 0 Å². The number of nitrogens with zero attached hydrogens (tertiary/aromatic N) is 8. The number of carbonyl (C=O) groups excluding carboxylic acids is 13. The maximum absolute atomic E-state index is 15.0. The highest BCUT2D eigenvalue weighted by molar-refractivity contribution is 6.00. The van der Waals surface area contributed by atoms with Gasteiger partial charge < -0.3 is 65.8 Å². The molecule has 1 aromatic rings. The van der Waals surface area contributed by atoms with Crippen LogP contribution in [-0.2, 0) is 68.7 Å². The summed E-state index contributed by atoms with van der Waals surface area (Å²) in [6.07, 6.45) is 2.39. The number of likely N-dealkylation sites (N-methyl/N-ethyl adjacent to an activating group) is 8. The first-order valence-electron chi connectivity index (χ1n) is 31.4. The van der Waals surface area contributed by atoms with Crippen molar-refractivity contribution in [3.05, 3.63) is 35.9 Å². The minimum Gasteiger partial charge on any atom is -0.347 e. The van der Waals surface area contributed by atoms with E-state index >= 15 is 0 Å². The van der Waals surface area contributed by atoms with Crippen LogP contribution in [0, 0.1) is 23.7 Å². The van der Waals surface area contributed by atoms with Crippen molar-refractivity contribution in [3.63, 3.8) is 0 Å². The maximum Gasteiger partial charge on any atom is 0.246 e. The van der Waals surface area contributed by atoms with E-state index in [9.17, 15) is 62.3 Å². The van der Waals surface area contributed by atoms with Crippen LogP contribution in [-0.4, -0.2) is 252 Å². The van der Waals surface area contributed by atoms with Crippen LogP contribution in [0.2, 0.25) is 0 Å². The molecule has 11 atom stereocenters. The lowest BCUT2D eigenvalue weighted by Gasteiger charge is -2.39. The summed E-state index contributed by atoms with van der Waals surface area (Å²) in [5, 5.41) is 13.6. The molecule has 90 heavy (non-hydrogen) atoms. The molecule has 0 spiro atoms. The summed E-state index contributed by atoms with van der Waals surface area (Å²) in [5.74, 6) is -9.76. The molecule has 0 bridgehead atoms. The quantitative estimate of drug-likeness (QED) is 0.219. The van der Waals surface area contributed by atoms with Crippen LogP contribution in [0.3, 0.4) is 0 Å². The fourth-order valence-corrected chi connectivity index (χ4v) is 11.3. The molecule has 1 saturated carbocycles. The summed E-state index contributed by atoms with van der Waals surface area (Å²) in [5.41, 5.74) is 0.665. The molecule has 1 aliphatic carbocycles. The molecule has 504 valence electrons. The van der Waals surface area contributed by atoms with Crippen molar-refractivity contribution in [1.29, 1.82) is 0 Å². The Morgan fingerprint density at radius 3 is 1.38 bits per heavy atom. The summed E-state index contributed by atoms with van der Waals surface area (Å²) >= 11 is 0. The first-order valence-corrected chi connectivity index (χ1v) is 31.4. The molecule has 2 aliphatic rings. The van der Waals surface area contributed by atoms with Gasteiger partial charge in [-0.3, -0.25) is 62.3 Å². The van der Waals surface area contributed by atoms with Crippen molar-refractivity contribution in [2.45, 2.75) is 200 Å². The number of hydrogen-bond acceptors (Lipinski definition) is 13. The van der Waals surface area contributed by atoms with E-state index in [1.165, 1.54) is 113 Å². The Bertz CT molecular complexity index is 2720. The van der Waals surface area contributed by atoms with Gasteiger partial charge >= 0.3 is 0 Å². The molecule has 0 aromatic heterocycles. The van der Waals surface area contributed by atoms with Crippen molar-refractivity contribution in [2.24, 2.45) is 23.7 Å². The zero-order valence-corrected chi connectivity index (χ0v) is 57.0. The lowest BCUT2D eigenvalue weighted by Crippen LogP contribution is -2.60. The molecule has 26 heteroatoms. The van der Waals surface area contributed by atoms with Gasteiger partial charge in [-0.25, -0.2) is 0 Å². The molecule has 1 saturated heterocycles. The van der Waals surface area contributed by atoms with Crippen molar-refractivity contribution < 1.29 is 62.3 Å². The highest BCUT2D eigenvalue weighted by atomic mass is 16.2. The zero-order chi connectivity index (χ0) is 68.5. The van der Waals surface area contributed by atoms with Crippen LogP contribution >= 0.6 is 0 Å². The normalized spacial score (nSPS) is 27.3. The van der Waals surface area contributed by atoms with E-state index in [0.29, 0.717) is 18.4 Å². The third-order valence-corrected chi connectivity index (χ3v) is 17.5. The van der Waals surface area contributed by atoms with Crippen LogP contribution in [0.5, 0.6) is 0 Å². The van der Waals surface area contributed by atoms with E-state index in [2.05, 4.69) is 26.6 Å². The fraction of sp³-hybridized carbons (Fsp3) is 0.703. The molecular formula is C64H105N13O13. The molecule has 5 N–H and O–H groups in total. The SMILES string of the molecule is CC(C)CC1NC(=O)[C@H](C)N(C)C(=O)C[C@@H](C(=O)N(C)C)N(C)C(=O)[C@H](C2CCCC2)N(C)C(=O)[C@H](C)NC(=O)[C@H](C)N(C)C(=O)[C@H](CC(C)C)NC(=O)[C@H](C)N(C)C(=O)CNC(=O)[C@H](Cc2ccccc2)N(C)C(=O)[C@H](C)NC(=O)[C@H](CC(C)C)N(C)C1=O. The van der Waals surface area contributed by atoms with Crippen molar-refractivity contribution >= 4 is 76.8 Å². The van der Waals surface area contributed by atoms with Gasteiger partial charge in [0, 0.05) is 69.8 Å². The number of benzene rings is 1. The Labute approximate surface area is 533 Å². The second-order valence-corrected chi connectivity index (χ2v) is 26.1. The van der Waals surface area contributed by atoms with Crippen LogP contribution < -0.4 is 26.6 Å². The third kappa shape index (κ3) is 20.7. The lowest BCUT2D eigenvalue weighted by molar-refractivity contribution is -0.154. The minimum absolute atomic E-state index is 0.0125. The van der Waals surface area contributed by atoms with E-state index in [1.54, 1.807) is 30.3 Å². The van der Waals surface area contributed by atoms with Crippen molar-refractivity contribution in [2.75, 3.05) is 70.0 Å². The van der Waals surface area contributed by atoms with E-state index in [4.69, 9.17) is 0 Å². The minimum atomic E-state index is -1.42. The molecule has 1 aliphatic heterocycles. The van der Waals surface area contributed by atoms with Crippen LogP contribution in [0.15, 0.2) is 30.3 Å². The standard InChI is InChI=1S/C64H105N13O13/c1-36(2)30-46-61(87)73(16)43(11)54(80)66-40(8)60(86)77(20)53(45-28-24-25-29-45)64(90)76(19)50(63(89)70(12)13)34-51(78)71(14)41(9)55(81)69-47(31-37(3)4)62(88)75(18)48(32-38(5)6)58(84)67-39(7)59(85)74(17)49(33-44-26-22-21-23-27-44)57(83)65-35-52(79)72(15)42(10)56(82)68-46/h21-23,26-27,36-43,45-50,53H,24-25,28-35H2,1-20H3,(H,65,83)(H,66,80)(H,67,84)(H,68,82)(H,69,81)/t39-,40-,41-,42-,43-,46-,47?,48-,49-,50-,53-/m0/s1. The summed E-state index contributed by atoms with van der Waals surface area (Å²) < 4.78 is 0. The average molecular weight is 1260 g/mol. The third-order valence-electron chi connectivity index (χ3n) is 17.5. The topological polar surface area (TPSA) is 308 Å². The van der Waals surface area contributed by atoms with Crippen molar-refractivity contribution in [3.8, 4) is 0 Å². The molecule has 0 radical (unpaired) electrons. The smallest absolute Gasteiger partial charge is 0.246 e. The molecule has 2 fully saturated rings. The van der Waals surface area contributed by atoms with Gasteiger partial charge in [0.05, 0.1) is 13.0 Å². The highest BCUT2D eigenvalue weighted by Crippen LogP contribution is 2.32. The zero-order valence-electron chi connectivity index (χ0n) is 57.0. The Morgan fingerprint density at radius 1 is 0.478 bits per heavy atom. The van der Waals surface area contributed by atoms with Gasteiger partial charge in [0.2, 0.25) is 76.8 Å². The maximum atomic E-state index is 15.0. The van der Waals surface area contributed by atoms with Gasteiger partial charge in [-0.2, -0.15) is 0 Å². The molecule has 13 amide bonds. The van der Waals surface area contributed by atoms with Gasteiger partial charge in [-0.1, -0.05) is 84.7 Å². The summed E-state index contributed by atoms with van der Waals surface area (Å²) in [4.78, 5) is 195. The second kappa shape index (κ2) is 34.5. The molecule has 26 nitrogen and oxygen atoms in total. The summed E-state index contributed by atoms with van der Waals surface area (Å²) in [6, 6.07) is -4.71. The monoisotopic (exact) mass is 1260 g/mol. The average Bonchev–Trinajstić information content (AvgIpc) is 1.40. The fourth-order valence-electron chi connectivity index (χ4n) is 11.3. The van der Waals surface area contributed by atoms with Crippen LogP contribution in [0.25, 0.3) is 0 Å².